The van der Waals surface area contributed by atoms with Crippen molar-refractivity contribution in [3.05, 3.63) is 65.7 Å². The van der Waals surface area contributed by atoms with Gasteiger partial charge in [-0.1, -0.05) is 30.3 Å². The zero-order valence-electron chi connectivity index (χ0n) is 20.1. The second-order valence-corrected chi connectivity index (χ2v) is 9.19. The molecule has 3 rings (SSSR count). The fraction of sp³-hybridized carbons (Fsp3) is 0.462. The number of nitrogens with one attached hydrogen (secondary N) is 2. The molecular formula is C26H37IN4O2. The Bertz CT molecular complexity index is 904. The number of ether oxygens (including phenoxy) is 1. The van der Waals surface area contributed by atoms with E-state index in [9.17, 15) is 4.79 Å². The van der Waals surface area contributed by atoms with Crippen molar-refractivity contribution < 1.29 is 9.53 Å². The van der Waals surface area contributed by atoms with Crippen LogP contribution in [0.4, 0.5) is 0 Å². The van der Waals surface area contributed by atoms with Crippen LogP contribution in [0.15, 0.2) is 59.6 Å². The van der Waals surface area contributed by atoms with Crippen LogP contribution in [0.2, 0.25) is 0 Å². The van der Waals surface area contributed by atoms with Gasteiger partial charge in [0, 0.05) is 43.6 Å². The molecule has 1 saturated heterocycles. The second kappa shape index (κ2) is 12.8. The number of nitrogens with zero attached hydrogens (tertiary/aromatic N) is 2. The van der Waals surface area contributed by atoms with E-state index in [0.29, 0.717) is 12.1 Å². The smallest absolute Gasteiger partial charge is 0.251 e. The Labute approximate surface area is 215 Å². The van der Waals surface area contributed by atoms with Gasteiger partial charge in [0.1, 0.15) is 11.9 Å². The lowest BCUT2D eigenvalue weighted by atomic mass is 10.1. The van der Waals surface area contributed by atoms with Crippen LogP contribution in [0.3, 0.4) is 0 Å². The molecule has 1 amide bonds. The van der Waals surface area contributed by atoms with Crippen molar-refractivity contribution in [3.8, 4) is 5.75 Å². The molecule has 1 aliphatic rings. The van der Waals surface area contributed by atoms with Crippen molar-refractivity contribution in [3.63, 3.8) is 0 Å². The van der Waals surface area contributed by atoms with Crippen molar-refractivity contribution in [1.29, 1.82) is 0 Å². The first kappa shape index (κ1) is 27.0. The Morgan fingerprint density at radius 1 is 1.09 bits per heavy atom. The molecule has 1 fully saturated rings. The predicted octanol–water partition coefficient (Wildman–Crippen LogP) is 4.84. The summed E-state index contributed by atoms with van der Waals surface area (Å²) in [6, 6.07) is 17.7. The number of hydrogen-bond acceptors (Lipinski definition) is 3. The monoisotopic (exact) mass is 564 g/mol. The number of benzene rings is 2. The number of amides is 1. The third kappa shape index (κ3) is 8.87. The third-order valence-electron chi connectivity index (χ3n) is 5.21. The molecule has 0 aliphatic carbocycles. The number of rotatable bonds is 6. The summed E-state index contributed by atoms with van der Waals surface area (Å²) in [6.07, 6.45) is 2.15. The zero-order chi connectivity index (χ0) is 23.0. The molecule has 0 bridgehead atoms. The molecule has 0 spiro atoms. The highest BCUT2D eigenvalue weighted by Gasteiger charge is 2.23. The first-order valence-electron chi connectivity index (χ1n) is 11.5. The Balaban J connectivity index is 0.00000385. The van der Waals surface area contributed by atoms with Crippen LogP contribution in [-0.4, -0.2) is 48.0 Å². The van der Waals surface area contributed by atoms with Crippen LogP contribution < -0.4 is 15.4 Å². The van der Waals surface area contributed by atoms with E-state index >= 15 is 0 Å². The molecular weight excluding hydrogens is 527 g/mol. The van der Waals surface area contributed by atoms with Gasteiger partial charge in [0.25, 0.3) is 5.91 Å². The second-order valence-electron chi connectivity index (χ2n) is 9.19. The average molecular weight is 565 g/mol. The number of para-hydroxylation sites is 1. The molecule has 2 aromatic rings. The largest absolute Gasteiger partial charge is 0.490 e. The van der Waals surface area contributed by atoms with E-state index in [1.54, 1.807) is 0 Å². The van der Waals surface area contributed by atoms with Gasteiger partial charge < -0.3 is 20.3 Å². The molecule has 0 saturated carbocycles. The Hall–Kier alpha value is -2.29. The first-order valence-corrected chi connectivity index (χ1v) is 11.5. The summed E-state index contributed by atoms with van der Waals surface area (Å²) in [6.45, 7) is 11.2. The SMILES string of the molecule is CCNC(=NCc1cccc(C(=O)NC(C)(C)C)c1)N1CCC(Oc2ccccc2)CC1.I. The van der Waals surface area contributed by atoms with Gasteiger partial charge in [0.2, 0.25) is 0 Å². The van der Waals surface area contributed by atoms with Gasteiger partial charge in [0.15, 0.2) is 5.96 Å². The Morgan fingerprint density at radius 3 is 2.42 bits per heavy atom. The molecule has 1 aliphatic heterocycles. The van der Waals surface area contributed by atoms with Crippen molar-refractivity contribution >= 4 is 35.8 Å². The summed E-state index contributed by atoms with van der Waals surface area (Å²) in [4.78, 5) is 19.6. The van der Waals surface area contributed by atoms with E-state index < -0.39 is 0 Å². The lowest BCUT2D eigenvalue weighted by Gasteiger charge is -2.34. The molecule has 2 N–H and O–H groups in total. The van der Waals surface area contributed by atoms with E-state index in [2.05, 4.69) is 22.5 Å². The van der Waals surface area contributed by atoms with Gasteiger partial charge in [-0.25, -0.2) is 4.99 Å². The van der Waals surface area contributed by atoms with Crippen LogP contribution in [0.5, 0.6) is 5.75 Å². The van der Waals surface area contributed by atoms with Crippen LogP contribution >= 0.6 is 24.0 Å². The highest BCUT2D eigenvalue weighted by atomic mass is 127. The maximum absolute atomic E-state index is 12.5. The predicted molar refractivity (Wildman–Crippen MR) is 146 cm³/mol. The molecule has 180 valence electrons. The maximum Gasteiger partial charge on any atom is 0.251 e. The standard InChI is InChI=1S/C26H36N4O2.HI/c1-5-27-25(30-16-14-23(15-17-30)32-22-12-7-6-8-13-22)28-19-20-10-9-11-21(18-20)24(31)29-26(2,3)4;/h6-13,18,23H,5,14-17,19H2,1-4H3,(H,27,28)(H,29,31);1H. The van der Waals surface area contributed by atoms with Crippen LogP contribution in [-0.2, 0) is 6.54 Å². The Morgan fingerprint density at radius 2 is 1.79 bits per heavy atom. The topological polar surface area (TPSA) is 66.0 Å². The number of carbonyl (C=O) groups excluding carboxylic acids is 1. The van der Waals surface area contributed by atoms with Crippen molar-refractivity contribution in [2.75, 3.05) is 19.6 Å². The quantitative estimate of drug-likeness (QED) is 0.300. The highest BCUT2D eigenvalue weighted by Crippen LogP contribution is 2.19. The van der Waals surface area contributed by atoms with Gasteiger partial charge in [-0.3, -0.25) is 4.79 Å². The van der Waals surface area contributed by atoms with E-state index in [1.807, 2.05) is 75.4 Å². The minimum absolute atomic E-state index is 0. The fourth-order valence-corrected chi connectivity index (χ4v) is 3.69. The van der Waals surface area contributed by atoms with Crippen LogP contribution in [0, 0.1) is 0 Å². The van der Waals surface area contributed by atoms with E-state index in [1.165, 1.54) is 0 Å². The van der Waals surface area contributed by atoms with Gasteiger partial charge in [-0.2, -0.15) is 0 Å². The summed E-state index contributed by atoms with van der Waals surface area (Å²) in [5.41, 5.74) is 1.42. The summed E-state index contributed by atoms with van der Waals surface area (Å²) >= 11 is 0. The summed E-state index contributed by atoms with van der Waals surface area (Å²) < 4.78 is 6.12. The summed E-state index contributed by atoms with van der Waals surface area (Å²) in [5.74, 6) is 1.79. The fourth-order valence-electron chi connectivity index (χ4n) is 3.69. The minimum Gasteiger partial charge on any atom is -0.490 e. The molecule has 33 heavy (non-hydrogen) atoms. The lowest BCUT2D eigenvalue weighted by molar-refractivity contribution is 0.0919. The molecule has 0 unspecified atom stereocenters. The highest BCUT2D eigenvalue weighted by molar-refractivity contribution is 14.0. The van der Waals surface area contributed by atoms with Gasteiger partial charge in [-0.05, 0) is 57.5 Å². The molecule has 0 radical (unpaired) electrons. The number of halogens is 1. The van der Waals surface area contributed by atoms with Crippen LogP contribution in [0.1, 0.15) is 56.5 Å². The molecule has 6 nitrogen and oxygen atoms in total. The van der Waals surface area contributed by atoms with Gasteiger partial charge in [-0.15, -0.1) is 24.0 Å². The van der Waals surface area contributed by atoms with Crippen molar-refractivity contribution in [1.82, 2.24) is 15.5 Å². The number of guanidine groups is 1. The normalized spacial score (nSPS) is 14.9. The summed E-state index contributed by atoms with van der Waals surface area (Å²) in [7, 11) is 0. The Kier molecular flexibility index (Phi) is 10.5. The van der Waals surface area contributed by atoms with Crippen molar-refractivity contribution in [2.24, 2.45) is 4.99 Å². The minimum atomic E-state index is -0.264. The first-order chi connectivity index (χ1) is 15.3. The maximum atomic E-state index is 12.5. The van der Waals surface area contributed by atoms with E-state index in [-0.39, 0.29) is 41.5 Å². The van der Waals surface area contributed by atoms with Crippen molar-refractivity contribution in [2.45, 2.75) is 58.7 Å². The average Bonchev–Trinajstić information content (AvgIpc) is 2.77. The molecule has 2 aromatic carbocycles. The number of likely N-dealkylation sites (tertiary alicyclic amines) is 1. The number of piperidine rings is 1. The summed E-state index contributed by atoms with van der Waals surface area (Å²) in [5, 5.41) is 6.43. The number of aliphatic imine (C=N–C) groups is 1. The third-order valence-corrected chi connectivity index (χ3v) is 5.21. The molecule has 0 atom stereocenters. The van der Waals surface area contributed by atoms with Gasteiger partial charge >= 0.3 is 0 Å². The lowest BCUT2D eigenvalue weighted by Crippen LogP contribution is -2.47. The number of hydrogen-bond donors (Lipinski definition) is 2. The van der Waals surface area contributed by atoms with E-state index in [4.69, 9.17) is 9.73 Å². The molecule has 7 heteroatoms. The zero-order valence-corrected chi connectivity index (χ0v) is 22.5. The molecule has 0 aromatic heterocycles. The molecule has 1 heterocycles. The van der Waals surface area contributed by atoms with Crippen LogP contribution in [0.25, 0.3) is 0 Å². The number of carbonyl (C=O) groups is 1. The van der Waals surface area contributed by atoms with Gasteiger partial charge in [0.05, 0.1) is 6.54 Å². The van der Waals surface area contributed by atoms with E-state index in [0.717, 1.165) is 49.7 Å².